The van der Waals surface area contributed by atoms with Gasteiger partial charge in [0.1, 0.15) is 0 Å². The molecule has 2 fully saturated rings. The van der Waals surface area contributed by atoms with Gasteiger partial charge in [-0.3, -0.25) is 4.79 Å². The Hall–Kier alpha value is -3.84. The van der Waals surface area contributed by atoms with Crippen LogP contribution in [0.3, 0.4) is 0 Å². The lowest BCUT2D eigenvalue weighted by Crippen LogP contribution is -2.53. The minimum absolute atomic E-state index is 0.0173. The van der Waals surface area contributed by atoms with Crippen LogP contribution in [0, 0.1) is 0 Å². The molecule has 2 unspecified atom stereocenters. The Morgan fingerprint density at radius 1 is 1.05 bits per heavy atom. The normalized spacial score (nSPS) is 19.4. The first kappa shape index (κ1) is 24.5. The SMILES string of the molecule is Cn1ccc(C2CCNCC2NC(=O)N(Cc2c[nH]c3cccc(Cc4ccccc4)c23)C2CC2)cc1=O. The first-order valence-corrected chi connectivity index (χ1v) is 13.6. The number of rotatable bonds is 7. The lowest BCUT2D eigenvalue weighted by molar-refractivity contribution is 0.183. The third-order valence-electron chi connectivity index (χ3n) is 8.05. The lowest BCUT2D eigenvalue weighted by atomic mass is 9.86. The first-order valence-electron chi connectivity index (χ1n) is 13.6. The van der Waals surface area contributed by atoms with Crippen molar-refractivity contribution in [3.63, 3.8) is 0 Å². The zero-order valence-corrected chi connectivity index (χ0v) is 21.8. The molecule has 196 valence electrons. The van der Waals surface area contributed by atoms with Crippen LogP contribution in [0.15, 0.2) is 77.9 Å². The summed E-state index contributed by atoms with van der Waals surface area (Å²) in [4.78, 5) is 31.5. The second-order valence-electron chi connectivity index (χ2n) is 10.7. The van der Waals surface area contributed by atoms with Gasteiger partial charge < -0.3 is 25.1 Å². The average molecular weight is 510 g/mol. The van der Waals surface area contributed by atoms with Gasteiger partial charge in [0.2, 0.25) is 0 Å². The number of aryl methyl sites for hydroxylation is 1. The molecule has 7 heteroatoms. The molecule has 1 aliphatic carbocycles. The summed E-state index contributed by atoms with van der Waals surface area (Å²) in [5, 5.41) is 7.99. The average Bonchev–Trinajstić information content (AvgIpc) is 3.69. The number of aromatic amines is 1. The smallest absolute Gasteiger partial charge is 0.318 e. The van der Waals surface area contributed by atoms with Gasteiger partial charge >= 0.3 is 6.03 Å². The van der Waals surface area contributed by atoms with Crippen LogP contribution in [0.2, 0.25) is 0 Å². The number of urea groups is 1. The van der Waals surface area contributed by atoms with Crippen LogP contribution in [-0.2, 0) is 20.0 Å². The number of amides is 2. The number of piperidine rings is 1. The van der Waals surface area contributed by atoms with E-state index in [1.807, 2.05) is 23.2 Å². The van der Waals surface area contributed by atoms with Gasteiger partial charge in [-0.15, -0.1) is 0 Å². The number of nitrogens with zero attached hydrogens (tertiary/aromatic N) is 2. The van der Waals surface area contributed by atoms with Gasteiger partial charge in [-0.25, -0.2) is 4.79 Å². The maximum absolute atomic E-state index is 13.7. The molecular formula is C31H35N5O2. The Morgan fingerprint density at radius 2 is 1.89 bits per heavy atom. The van der Waals surface area contributed by atoms with Crippen LogP contribution >= 0.6 is 0 Å². The number of H-pyrrole nitrogens is 1. The van der Waals surface area contributed by atoms with Crippen molar-refractivity contribution in [3.8, 4) is 0 Å². The van der Waals surface area contributed by atoms with E-state index >= 15 is 0 Å². The summed E-state index contributed by atoms with van der Waals surface area (Å²) >= 11 is 0. The van der Waals surface area contributed by atoms with Gasteiger partial charge in [0.15, 0.2) is 0 Å². The minimum atomic E-state index is -0.0683. The van der Waals surface area contributed by atoms with Gasteiger partial charge in [-0.1, -0.05) is 42.5 Å². The molecule has 2 aromatic heterocycles. The molecule has 0 bridgehead atoms. The van der Waals surface area contributed by atoms with E-state index < -0.39 is 0 Å². The molecule has 3 N–H and O–H groups in total. The highest BCUT2D eigenvalue weighted by Crippen LogP contribution is 2.32. The number of nitrogens with one attached hydrogen (secondary N) is 3. The van der Waals surface area contributed by atoms with E-state index in [4.69, 9.17) is 0 Å². The zero-order valence-electron chi connectivity index (χ0n) is 21.8. The third-order valence-corrected chi connectivity index (χ3v) is 8.05. The van der Waals surface area contributed by atoms with Crippen LogP contribution in [0.1, 0.15) is 47.4 Å². The van der Waals surface area contributed by atoms with E-state index in [-0.39, 0.29) is 29.6 Å². The number of fused-ring (bicyclic) bond motifs is 1. The summed E-state index contributed by atoms with van der Waals surface area (Å²) in [6.45, 7) is 2.13. The molecule has 38 heavy (non-hydrogen) atoms. The van der Waals surface area contributed by atoms with E-state index in [2.05, 4.69) is 64.3 Å². The van der Waals surface area contributed by atoms with Crippen molar-refractivity contribution < 1.29 is 4.79 Å². The number of carbonyl (C=O) groups is 1. The number of carbonyl (C=O) groups excluding carboxylic acids is 1. The standard InChI is InChI=1S/C31H35N5O2/c1-35-15-13-22(17-29(35)37)26-12-14-32-19-28(26)34-31(38)36(25-10-11-25)20-24-18-33-27-9-5-8-23(30(24)27)16-21-6-3-2-4-7-21/h2-9,13,15,17-18,25-26,28,32-33H,10-12,14,16,19-20H2,1H3,(H,34,38). The Bertz CT molecular complexity index is 1490. The highest BCUT2D eigenvalue weighted by atomic mass is 16.2. The molecule has 1 aliphatic heterocycles. The minimum Gasteiger partial charge on any atom is -0.361 e. The molecule has 0 spiro atoms. The summed E-state index contributed by atoms with van der Waals surface area (Å²) in [5.41, 5.74) is 5.78. The number of hydrogen-bond donors (Lipinski definition) is 3. The largest absolute Gasteiger partial charge is 0.361 e. The van der Waals surface area contributed by atoms with E-state index in [1.54, 1.807) is 17.7 Å². The van der Waals surface area contributed by atoms with Crippen LogP contribution in [0.5, 0.6) is 0 Å². The molecular weight excluding hydrogens is 474 g/mol. The molecule has 3 heterocycles. The van der Waals surface area contributed by atoms with Crippen molar-refractivity contribution in [1.29, 1.82) is 0 Å². The fraction of sp³-hybridized carbons (Fsp3) is 0.355. The monoisotopic (exact) mass is 509 g/mol. The summed E-state index contributed by atoms with van der Waals surface area (Å²) in [5.74, 6) is 0.112. The Labute approximate surface area is 222 Å². The van der Waals surface area contributed by atoms with Gasteiger partial charge in [0.05, 0.1) is 0 Å². The summed E-state index contributed by atoms with van der Waals surface area (Å²) in [6.07, 6.45) is 7.69. The van der Waals surface area contributed by atoms with Crippen molar-refractivity contribution in [2.24, 2.45) is 7.05 Å². The maximum Gasteiger partial charge on any atom is 0.318 e. The van der Waals surface area contributed by atoms with Crippen LogP contribution < -0.4 is 16.2 Å². The Balaban J connectivity index is 1.23. The van der Waals surface area contributed by atoms with Crippen LogP contribution in [0.4, 0.5) is 4.79 Å². The molecule has 4 aromatic rings. The molecule has 2 amide bonds. The number of aromatic nitrogens is 2. The second-order valence-corrected chi connectivity index (χ2v) is 10.7. The number of benzene rings is 2. The third kappa shape index (κ3) is 5.11. The quantitative estimate of drug-likeness (QED) is 0.348. The summed E-state index contributed by atoms with van der Waals surface area (Å²) < 4.78 is 1.58. The van der Waals surface area contributed by atoms with Gasteiger partial charge in [0, 0.05) is 67.5 Å². The second kappa shape index (κ2) is 10.5. The van der Waals surface area contributed by atoms with E-state index in [1.165, 1.54) is 16.5 Å². The molecule has 2 aliphatic rings. The van der Waals surface area contributed by atoms with Crippen molar-refractivity contribution in [2.45, 2.75) is 50.2 Å². The van der Waals surface area contributed by atoms with Gasteiger partial charge in [-0.2, -0.15) is 0 Å². The zero-order chi connectivity index (χ0) is 26.1. The maximum atomic E-state index is 13.7. The van der Waals surface area contributed by atoms with Crippen LogP contribution in [0.25, 0.3) is 10.9 Å². The van der Waals surface area contributed by atoms with Crippen molar-refractivity contribution >= 4 is 16.9 Å². The Morgan fingerprint density at radius 3 is 2.68 bits per heavy atom. The summed E-state index contributed by atoms with van der Waals surface area (Å²) in [6, 6.07) is 20.8. The predicted octanol–water partition coefficient (Wildman–Crippen LogP) is 4.28. The Kier molecular flexibility index (Phi) is 6.77. The van der Waals surface area contributed by atoms with Crippen molar-refractivity contribution in [1.82, 2.24) is 25.1 Å². The molecule has 7 nitrogen and oxygen atoms in total. The van der Waals surface area contributed by atoms with Crippen molar-refractivity contribution in [2.75, 3.05) is 13.1 Å². The fourth-order valence-electron chi connectivity index (χ4n) is 5.81. The molecule has 1 saturated carbocycles. The predicted molar refractivity (Wildman–Crippen MR) is 150 cm³/mol. The first-order chi connectivity index (χ1) is 18.6. The number of pyridine rings is 1. The molecule has 6 rings (SSSR count). The molecule has 0 radical (unpaired) electrons. The highest BCUT2D eigenvalue weighted by Gasteiger charge is 2.36. The van der Waals surface area contributed by atoms with Gasteiger partial charge in [0.25, 0.3) is 5.56 Å². The van der Waals surface area contributed by atoms with E-state index in [0.717, 1.165) is 48.9 Å². The molecule has 2 aromatic carbocycles. The van der Waals surface area contributed by atoms with Crippen molar-refractivity contribution in [3.05, 3.63) is 106 Å². The summed E-state index contributed by atoms with van der Waals surface area (Å²) in [7, 11) is 1.76. The topological polar surface area (TPSA) is 82.2 Å². The fourth-order valence-corrected chi connectivity index (χ4v) is 5.81. The lowest BCUT2D eigenvalue weighted by Gasteiger charge is -2.35. The molecule has 1 saturated heterocycles. The number of hydrogen-bond acceptors (Lipinski definition) is 3. The van der Waals surface area contributed by atoms with Crippen LogP contribution in [-0.4, -0.2) is 45.7 Å². The van der Waals surface area contributed by atoms with E-state index in [0.29, 0.717) is 13.1 Å². The highest BCUT2D eigenvalue weighted by molar-refractivity contribution is 5.87. The van der Waals surface area contributed by atoms with E-state index in [9.17, 15) is 9.59 Å². The molecule has 2 atom stereocenters. The van der Waals surface area contributed by atoms with Gasteiger partial charge in [-0.05, 0) is 66.6 Å².